The summed E-state index contributed by atoms with van der Waals surface area (Å²) in [6.45, 7) is 0.916. The predicted molar refractivity (Wildman–Crippen MR) is 62.8 cm³/mol. The third kappa shape index (κ3) is 1.91. The molecule has 2 aromatic rings. The number of rotatable bonds is 3. The average Bonchev–Trinajstić information content (AvgIpc) is 2.64. The lowest BCUT2D eigenvalue weighted by molar-refractivity contribution is 0.409. The maximum atomic E-state index is 9.64. The largest absolute Gasteiger partial charge is 0.504 e. The Labute approximate surface area is 92.0 Å². The summed E-state index contributed by atoms with van der Waals surface area (Å²) in [7, 11) is 1.91. The van der Waals surface area contributed by atoms with Crippen molar-refractivity contribution in [3.8, 4) is 11.5 Å². The second-order valence-electron chi connectivity index (χ2n) is 3.42. The number of phenolic OH excluding ortho intramolecular Hbond substituents is 2. The van der Waals surface area contributed by atoms with Gasteiger partial charge in [0.05, 0.1) is 4.70 Å². The van der Waals surface area contributed by atoms with Crippen molar-refractivity contribution in [1.29, 1.82) is 0 Å². The molecular formula is C11H13NO2S. The zero-order valence-electron chi connectivity index (χ0n) is 8.45. The molecule has 3 N–H and O–H groups in total. The molecule has 15 heavy (non-hydrogen) atoms. The van der Waals surface area contributed by atoms with Crippen molar-refractivity contribution in [2.75, 3.05) is 13.6 Å². The quantitative estimate of drug-likeness (QED) is 0.698. The minimum atomic E-state index is -0.0514. The van der Waals surface area contributed by atoms with Crippen molar-refractivity contribution >= 4 is 21.4 Å². The Bertz CT molecular complexity index is 479. The first-order chi connectivity index (χ1) is 7.22. The first-order valence-corrected chi connectivity index (χ1v) is 5.62. The van der Waals surface area contributed by atoms with Gasteiger partial charge >= 0.3 is 0 Å². The van der Waals surface area contributed by atoms with E-state index in [0.717, 1.165) is 23.1 Å². The van der Waals surface area contributed by atoms with Gasteiger partial charge in [0.15, 0.2) is 11.5 Å². The molecule has 1 aromatic carbocycles. The topological polar surface area (TPSA) is 52.5 Å². The third-order valence-corrected chi connectivity index (χ3v) is 3.53. The van der Waals surface area contributed by atoms with Crippen LogP contribution in [0.25, 0.3) is 10.1 Å². The van der Waals surface area contributed by atoms with Gasteiger partial charge in [-0.15, -0.1) is 11.3 Å². The normalized spacial score (nSPS) is 11.0. The Morgan fingerprint density at radius 1 is 1.33 bits per heavy atom. The number of fused-ring (bicyclic) bond motifs is 1. The maximum absolute atomic E-state index is 9.64. The molecule has 0 aliphatic rings. The molecule has 1 aromatic heterocycles. The molecule has 4 heteroatoms. The first kappa shape index (κ1) is 10.3. The minimum absolute atomic E-state index is 0.00629. The highest BCUT2D eigenvalue weighted by Gasteiger charge is 2.08. The van der Waals surface area contributed by atoms with E-state index in [9.17, 15) is 10.2 Å². The number of aromatic hydroxyl groups is 2. The SMILES string of the molecule is CNCCc1cc2ccc(O)c(O)c2s1. The van der Waals surface area contributed by atoms with Gasteiger partial charge in [-0.2, -0.15) is 0 Å². The fourth-order valence-corrected chi connectivity index (χ4v) is 2.60. The van der Waals surface area contributed by atoms with E-state index in [1.54, 1.807) is 0 Å². The lowest BCUT2D eigenvalue weighted by Gasteiger charge is -1.96. The summed E-state index contributed by atoms with van der Waals surface area (Å²) < 4.78 is 0.765. The van der Waals surface area contributed by atoms with E-state index >= 15 is 0 Å². The summed E-state index contributed by atoms with van der Waals surface area (Å²) in [6, 6.07) is 5.40. The number of benzene rings is 1. The van der Waals surface area contributed by atoms with E-state index in [4.69, 9.17) is 0 Å². The standard InChI is InChI=1S/C11H13NO2S/c1-12-5-4-8-6-7-2-3-9(13)10(14)11(7)15-8/h2-3,6,12-14H,4-5H2,1H3. The van der Waals surface area contributed by atoms with Gasteiger partial charge in [0.25, 0.3) is 0 Å². The molecule has 0 aliphatic carbocycles. The zero-order valence-corrected chi connectivity index (χ0v) is 9.27. The molecule has 0 spiro atoms. The number of hydrogen-bond acceptors (Lipinski definition) is 4. The summed E-state index contributed by atoms with van der Waals surface area (Å²) in [5.74, 6) is -0.0577. The van der Waals surface area contributed by atoms with Crippen LogP contribution in [0.3, 0.4) is 0 Å². The molecule has 0 saturated carbocycles. The fourth-order valence-electron chi connectivity index (χ4n) is 1.50. The highest BCUT2D eigenvalue weighted by atomic mass is 32.1. The number of hydrogen-bond donors (Lipinski definition) is 3. The van der Waals surface area contributed by atoms with Gasteiger partial charge in [0, 0.05) is 4.88 Å². The van der Waals surface area contributed by atoms with Crippen LogP contribution in [-0.4, -0.2) is 23.8 Å². The van der Waals surface area contributed by atoms with Crippen LogP contribution >= 0.6 is 11.3 Å². The first-order valence-electron chi connectivity index (χ1n) is 4.80. The summed E-state index contributed by atoms with van der Waals surface area (Å²) in [5, 5.41) is 23.1. The lowest BCUT2D eigenvalue weighted by Crippen LogP contribution is -2.09. The summed E-state index contributed by atoms with van der Waals surface area (Å²) in [5.41, 5.74) is 0. The molecule has 0 fully saturated rings. The van der Waals surface area contributed by atoms with E-state index in [1.165, 1.54) is 22.3 Å². The molecule has 0 radical (unpaired) electrons. The molecular weight excluding hydrogens is 210 g/mol. The van der Waals surface area contributed by atoms with Gasteiger partial charge in [0.2, 0.25) is 0 Å². The summed E-state index contributed by atoms with van der Waals surface area (Å²) in [6.07, 6.45) is 0.941. The zero-order chi connectivity index (χ0) is 10.8. The van der Waals surface area contributed by atoms with E-state index in [2.05, 4.69) is 11.4 Å². The van der Waals surface area contributed by atoms with E-state index in [1.807, 2.05) is 13.1 Å². The molecule has 3 nitrogen and oxygen atoms in total. The minimum Gasteiger partial charge on any atom is -0.504 e. The van der Waals surface area contributed by atoms with Crippen molar-refractivity contribution in [1.82, 2.24) is 5.32 Å². The number of likely N-dealkylation sites (N-methyl/N-ethyl adjacent to an activating group) is 1. The Morgan fingerprint density at radius 3 is 2.87 bits per heavy atom. The van der Waals surface area contributed by atoms with Crippen LogP contribution in [0.1, 0.15) is 4.88 Å². The molecule has 0 aliphatic heterocycles. The smallest absolute Gasteiger partial charge is 0.175 e. The van der Waals surface area contributed by atoms with Gasteiger partial charge < -0.3 is 15.5 Å². The third-order valence-electron chi connectivity index (χ3n) is 2.31. The van der Waals surface area contributed by atoms with Crippen LogP contribution in [0.5, 0.6) is 11.5 Å². The molecule has 0 atom stereocenters. The van der Waals surface area contributed by atoms with Gasteiger partial charge in [-0.1, -0.05) is 0 Å². The molecule has 80 valence electrons. The highest BCUT2D eigenvalue weighted by Crippen LogP contribution is 2.38. The summed E-state index contributed by atoms with van der Waals surface area (Å²) in [4.78, 5) is 1.21. The molecule has 0 bridgehead atoms. The maximum Gasteiger partial charge on any atom is 0.175 e. The van der Waals surface area contributed by atoms with Crippen molar-refractivity contribution in [3.63, 3.8) is 0 Å². The fraction of sp³-hybridized carbons (Fsp3) is 0.273. The van der Waals surface area contributed by atoms with Crippen LogP contribution in [0, 0.1) is 0 Å². The Kier molecular flexibility index (Phi) is 2.79. The average molecular weight is 223 g/mol. The van der Waals surface area contributed by atoms with Crippen LogP contribution in [0.15, 0.2) is 18.2 Å². The molecule has 0 unspecified atom stereocenters. The van der Waals surface area contributed by atoms with Gasteiger partial charge in [-0.05, 0) is 43.6 Å². The van der Waals surface area contributed by atoms with Crippen molar-refractivity contribution in [3.05, 3.63) is 23.1 Å². The van der Waals surface area contributed by atoms with Gasteiger partial charge in [0.1, 0.15) is 0 Å². The van der Waals surface area contributed by atoms with Crippen LogP contribution in [0.4, 0.5) is 0 Å². The number of nitrogens with one attached hydrogen (secondary N) is 1. The number of thiophene rings is 1. The highest BCUT2D eigenvalue weighted by molar-refractivity contribution is 7.19. The molecule has 2 rings (SSSR count). The molecule has 0 amide bonds. The lowest BCUT2D eigenvalue weighted by atomic mass is 10.2. The van der Waals surface area contributed by atoms with Gasteiger partial charge in [-0.3, -0.25) is 0 Å². The Balaban J connectivity index is 2.42. The van der Waals surface area contributed by atoms with E-state index < -0.39 is 0 Å². The van der Waals surface area contributed by atoms with E-state index in [0.29, 0.717) is 0 Å². The van der Waals surface area contributed by atoms with Crippen molar-refractivity contribution in [2.24, 2.45) is 0 Å². The van der Waals surface area contributed by atoms with Crippen molar-refractivity contribution in [2.45, 2.75) is 6.42 Å². The Hall–Kier alpha value is -1.26. The Morgan fingerprint density at radius 2 is 2.13 bits per heavy atom. The summed E-state index contributed by atoms with van der Waals surface area (Å²) >= 11 is 1.53. The predicted octanol–water partition coefficient (Wildman–Crippen LogP) is 2.07. The second kappa shape index (κ2) is 4.08. The van der Waals surface area contributed by atoms with Crippen molar-refractivity contribution < 1.29 is 10.2 Å². The molecule has 1 heterocycles. The van der Waals surface area contributed by atoms with Crippen LogP contribution in [0.2, 0.25) is 0 Å². The number of phenols is 2. The van der Waals surface area contributed by atoms with Crippen LogP contribution < -0.4 is 5.32 Å². The van der Waals surface area contributed by atoms with Crippen LogP contribution in [-0.2, 0) is 6.42 Å². The van der Waals surface area contributed by atoms with E-state index in [-0.39, 0.29) is 11.5 Å². The molecule has 0 saturated heterocycles. The second-order valence-corrected chi connectivity index (χ2v) is 4.55. The van der Waals surface area contributed by atoms with Gasteiger partial charge in [-0.25, -0.2) is 0 Å². The monoisotopic (exact) mass is 223 g/mol.